The molecular weight excluding hydrogens is 240 g/mol. The molecule has 1 saturated heterocycles. The van der Waals surface area contributed by atoms with Gasteiger partial charge < -0.3 is 9.80 Å². The second-order valence-electron chi connectivity index (χ2n) is 4.84. The molecule has 2 rings (SSSR count). The molecule has 104 valence electrons. The first kappa shape index (κ1) is 13.8. The van der Waals surface area contributed by atoms with Crippen LogP contribution < -0.4 is 4.90 Å². The van der Waals surface area contributed by atoms with Crippen LogP contribution in [0.5, 0.6) is 0 Å². The second-order valence-corrected chi connectivity index (χ2v) is 4.84. The minimum absolute atomic E-state index is 0.174. The fourth-order valence-electron chi connectivity index (χ4n) is 2.60. The molecule has 0 N–H and O–H groups in total. The Morgan fingerprint density at radius 1 is 1.32 bits per heavy atom. The van der Waals surface area contributed by atoms with Gasteiger partial charge in [0.05, 0.1) is 6.20 Å². The predicted molar refractivity (Wildman–Crippen MR) is 74.9 cm³/mol. The average Bonchev–Trinajstić information content (AvgIpc) is 2.49. The molecule has 1 aliphatic heterocycles. The molecule has 1 aromatic heterocycles. The van der Waals surface area contributed by atoms with E-state index in [4.69, 9.17) is 0 Å². The second kappa shape index (κ2) is 6.50. The molecule has 0 unspecified atom stereocenters. The Balaban J connectivity index is 1.91. The fraction of sp³-hybridized carbons (Fsp3) is 0.643. The van der Waals surface area contributed by atoms with Gasteiger partial charge in [-0.05, 0) is 26.7 Å². The van der Waals surface area contributed by atoms with Crippen LogP contribution in [-0.4, -0.2) is 47.0 Å². The van der Waals surface area contributed by atoms with Gasteiger partial charge in [-0.25, -0.2) is 4.98 Å². The zero-order valence-electron chi connectivity index (χ0n) is 11.7. The first-order valence-corrected chi connectivity index (χ1v) is 7.06. The molecule has 19 heavy (non-hydrogen) atoms. The number of piperidine rings is 1. The Morgan fingerprint density at radius 3 is 2.53 bits per heavy atom. The van der Waals surface area contributed by atoms with Gasteiger partial charge in [0.15, 0.2) is 0 Å². The summed E-state index contributed by atoms with van der Waals surface area (Å²) < 4.78 is 0. The van der Waals surface area contributed by atoms with E-state index < -0.39 is 0 Å². The van der Waals surface area contributed by atoms with E-state index in [0.717, 1.165) is 44.8 Å². The van der Waals surface area contributed by atoms with E-state index in [1.165, 1.54) is 0 Å². The van der Waals surface area contributed by atoms with Gasteiger partial charge in [0.1, 0.15) is 5.82 Å². The molecule has 5 nitrogen and oxygen atoms in total. The van der Waals surface area contributed by atoms with Crippen molar-refractivity contribution >= 4 is 11.7 Å². The summed E-state index contributed by atoms with van der Waals surface area (Å²) in [6.07, 6.45) is 6.99. The number of hydrogen-bond donors (Lipinski definition) is 0. The van der Waals surface area contributed by atoms with Crippen LogP contribution in [0, 0.1) is 5.92 Å². The number of carbonyl (C=O) groups excluding carboxylic acids is 1. The lowest BCUT2D eigenvalue weighted by Crippen LogP contribution is -2.42. The van der Waals surface area contributed by atoms with Crippen LogP contribution in [0.4, 0.5) is 5.82 Å². The van der Waals surface area contributed by atoms with Crippen LogP contribution in [0.1, 0.15) is 26.7 Å². The highest BCUT2D eigenvalue weighted by atomic mass is 16.2. The van der Waals surface area contributed by atoms with E-state index in [0.29, 0.717) is 5.91 Å². The smallest absolute Gasteiger partial charge is 0.225 e. The average molecular weight is 262 g/mol. The van der Waals surface area contributed by atoms with Gasteiger partial charge in [-0.1, -0.05) is 0 Å². The molecule has 0 atom stereocenters. The van der Waals surface area contributed by atoms with Crippen LogP contribution in [-0.2, 0) is 4.79 Å². The van der Waals surface area contributed by atoms with E-state index in [-0.39, 0.29) is 5.92 Å². The van der Waals surface area contributed by atoms with Crippen molar-refractivity contribution in [3.63, 3.8) is 0 Å². The molecule has 0 aromatic carbocycles. The number of hydrogen-bond acceptors (Lipinski definition) is 4. The maximum Gasteiger partial charge on any atom is 0.225 e. The molecule has 1 aliphatic rings. The Bertz CT molecular complexity index is 397. The van der Waals surface area contributed by atoms with Crippen LogP contribution in [0.25, 0.3) is 0 Å². The lowest BCUT2D eigenvalue weighted by Gasteiger charge is -2.34. The van der Waals surface area contributed by atoms with Crippen LogP contribution in [0.2, 0.25) is 0 Å². The van der Waals surface area contributed by atoms with Crippen molar-refractivity contribution in [2.75, 3.05) is 31.1 Å². The van der Waals surface area contributed by atoms with Crippen molar-refractivity contribution in [1.82, 2.24) is 14.9 Å². The molecule has 1 fully saturated rings. The molecule has 0 bridgehead atoms. The van der Waals surface area contributed by atoms with Crippen LogP contribution in [0.15, 0.2) is 18.6 Å². The molecule has 0 radical (unpaired) electrons. The van der Waals surface area contributed by atoms with E-state index in [9.17, 15) is 4.79 Å². The predicted octanol–water partition coefficient (Wildman–Crippen LogP) is 1.56. The normalized spacial score (nSPS) is 16.4. The van der Waals surface area contributed by atoms with Crippen LogP contribution in [0.3, 0.4) is 0 Å². The lowest BCUT2D eigenvalue weighted by atomic mass is 9.95. The van der Waals surface area contributed by atoms with Gasteiger partial charge in [0, 0.05) is 44.5 Å². The van der Waals surface area contributed by atoms with Gasteiger partial charge in [0.25, 0.3) is 0 Å². The lowest BCUT2D eigenvalue weighted by molar-refractivity contribution is -0.135. The summed E-state index contributed by atoms with van der Waals surface area (Å²) in [4.78, 5) is 24.8. The van der Waals surface area contributed by atoms with E-state index in [1.807, 2.05) is 18.7 Å². The van der Waals surface area contributed by atoms with Gasteiger partial charge in [-0.15, -0.1) is 0 Å². The summed E-state index contributed by atoms with van der Waals surface area (Å²) in [5, 5.41) is 0. The SMILES string of the molecule is CCN(CC)C(=O)C1CCN(c2cnccn2)CC1. The standard InChI is InChI=1S/C14H22N4O/c1-3-17(4-2)14(19)12-5-9-18(10-6-12)13-11-15-7-8-16-13/h7-8,11-12H,3-6,9-10H2,1-2H3. The number of amides is 1. The maximum absolute atomic E-state index is 12.3. The number of nitrogens with zero attached hydrogens (tertiary/aromatic N) is 4. The molecule has 0 saturated carbocycles. The zero-order chi connectivity index (χ0) is 13.7. The van der Waals surface area contributed by atoms with Crippen molar-refractivity contribution in [1.29, 1.82) is 0 Å². The largest absolute Gasteiger partial charge is 0.355 e. The summed E-state index contributed by atoms with van der Waals surface area (Å²) in [5.74, 6) is 1.40. The van der Waals surface area contributed by atoms with Gasteiger partial charge in [-0.3, -0.25) is 9.78 Å². The fourth-order valence-corrected chi connectivity index (χ4v) is 2.60. The Hall–Kier alpha value is -1.65. The van der Waals surface area contributed by atoms with E-state index in [2.05, 4.69) is 14.9 Å². The van der Waals surface area contributed by atoms with Crippen molar-refractivity contribution < 1.29 is 4.79 Å². The minimum atomic E-state index is 0.174. The summed E-state index contributed by atoms with van der Waals surface area (Å²) in [6, 6.07) is 0. The quantitative estimate of drug-likeness (QED) is 0.826. The first-order chi connectivity index (χ1) is 9.26. The molecule has 2 heterocycles. The van der Waals surface area contributed by atoms with Crippen molar-refractivity contribution in [2.45, 2.75) is 26.7 Å². The monoisotopic (exact) mass is 262 g/mol. The molecule has 5 heteroatoms. The van der Waals surface area contributed by atoms with Crippen LogP contribution >= 0.6 is 0 Å². The third-order valence-corrected chi connectivity index (χ3v) is 3.79. The van der Waals surface area contributed by atoms with Crippen molar-refractivity contribution in [3.8, 4) is 0 Å². The summed E-state index contributed by atoms with van der Waals surface area (Å²) >= 11 is 0. The third kappa shape index (κ3) is 3.22. The molecule has 1 aromatic rings. The molecule has 0 spiro atoms. The maximum atomic E-state index is 12.3. The van der Waals surface area contributed by atoms with E-state index >= 15 is 0 Å². The Morgan fingerprint density at radius 2 is 2.00 bits per heavy atom. The van der Waals surface area contributed by atoms with Gasteiger partial charge in [-0.2, -0.15) is 0 Å². The molecular formula is C14H22N4O. The number of rotatable bonds is 4. The van der Waals surface area contributed by atoms with E-state index in [1.54, 1.807) is 18.6 Å². The molecule has 1 amide bonds. The van der Waals surface area contributed by atoms with Crippen molar-refractivity contribution in [2.24, 2.45) is 5.92 Å². The minimum Gasteiger partial charge on any atom is -0.355 e. The number of aromatic nitrogens is 2. The van der Waals surface area contributed by atoms with Gasteiger partial charge in [0.2, 0.25) is 5.91 Å². The number of anilines is 1. The number of carbonyl (C=O) groups is 1. The summed E-state index contributed by atoms with van der Waals surface area (Å²) in [6.45, 7) is 7.46. The Labute approximate surface area is 114 Å². The van der Waals surface area contributed by atoms with Crippen molar-refractivity contribution in [3.05, 3.63) is 18.6 Å². The highest BCUT2D eigenvalue weighted by Gasteiger charge is 2.27. The van der Waals surface area contributed by atoms with Gasteiger partial charge >= 0.3 is 0 Å². The first-order valence-electron chi connectivity index (χ1n) is 7.06. The molecule has 0 aliphatic carbocycles. The highest BCUT2D eigenvalue weighted by molar-refractivity contribution is 5.79. The third-order valence-electron chi connectivity index (χ3n) is 3.79. The topological polar surface area (TPSA) is 49.3 Å². The Kier molecular flexibility index (Phi) is 4.71. The summed E-state index contributed by atoms with van der Waals surface area (Å²) in [7, 11) is 0. The highest BCUT2D eigenvalue weighted by Crippen LogP contribution is 2.22. The zero-order valence-corrected chi connectivity index (χ0v) is 11.7. The summed E-state index contributed by atoms with van der Waals surface area (Å²) in [5.41, 5.74) is 0.